The zero-order chi connectivity index (χ0) is 19.3. The van der Waals surface area contributed by atoms with Crippen LogP contribution in [-0.4, -0.2) is 35.0 Å². The van der Waals surface area contributed by atoms with Gasteiger partial charge in [-0.15, -0.1) is 0 Å². The molecule has 1 atom stereocenters. The maximum atomic E-state index is 14.1. The Kier molecular flexibility index (Phi) is 4.88. The molecule has 26 heavy (non-hydrogen) atoms. The van der Waals surface area contributed by atoms with Crippen molar-refractivity contribution >= 4 is 27.8 Å². The van der Waals surface area contributed by atoms with Crippen LogP contribution in [0.5, 0.6) is 0 Å². The number of ketones is 1. The van der Waals surface area contributed by atoms with Crippen LogP contribution in [0.15, 0.2) is 16.6 Å². The summed E-state index contributed by atoms with van der Waals surface area (Å²) in [5, 5.41) is 0. The van der Waals surface area contributed by atoms with Crippen molar-refractivity contribution in [2.45, 2.75) is 58.1 Å². The lowest BCUT2D eigenvalue weighted by atomic mass is 9.97. The second-order valence-corrected chi connectivity index (χ2v) is 9.17. The molecule has 1 aliphatic heterocycles. The van der Waals surface area contributed by atoms with Gasteiger partial charge in [0.15, 0.2) is 5.78 Å². The summed E-state index contributed by atoms with van der Waals surface area (Å²) in [4.78, 5) is 26.9. The lowest BCUT2D eigenvalue weighted by Gasteiger charge is -2.28. The van der Waals surface area contributed by atoms with Crippen LogP contribution in [0, 0.1) is 17.0 Å². The summed E-state index contributed by atoms with van der Waals surface area (Å²) in [5.41, 5.74) is -0.552. The topological polar surface area (TPSA) is 46.6 Å². The molecule has 7 heteroatoms. The molecule has 1 heterocycles. The number of rotatable bonds is 3. The lowest BCUT2D eigenvalue weighted by Crippen LogP contribution is -2.44. The zero-order valence-corrected chi connectivity index (χ0v) is 16.7. The number of hydrogen-bond acceptors (Lipinski definition) is 3. The summed E-state index contributed by atoms with van der Waals surface area (Å²) in [6, 6.07) is 1.26. The van der Waals surface area contributed by atoms with Crippen LogP contribution in [0.2, 0.25) is 0 Å². The highest BCUT2D eigenvalue weighted by Gasteiger charge is 2.55. The minimum atomic E-state index is -0.770. The zero-order valence-electron chi connectivity index (χ0n) is 15.1. The van der Waals surface area contributed by atoms with Crippen molar-refractivity contribution in [1.82, 2.24) is 4.90 Å². The highest BCUT2D eigenvalue weighted by molar-refractivity contribution is 9.10. The fourth-order valence-corrected chi connectivity index (χ4v) is 3.98. The Balaban J connectivity index is 1.79. The Hall–Kier alpha value is -1.50. The molecule has 0 bridgehead atoms. The Labute approximate surface area is 160 Å². The molecule has 2 aliphatic rings. The van der Waals surface area contributed by atoms with E-state index in [-0.39, 0.29) is 27.7 Å². The fourth-order valence-electron chi connectivity index (χ4n) is 3.43. The third-order valence-electron chi connectivity index (χ3n) is 4.92. The van der Waals surface area contributed by atoms with Crippen LogP contribution < -0.4 is 0 Å². The number of nitrogens with zero attached hydrogens (tertiary/aromatic N) is 1. The molecule has 0 N–H and O–H groups in total. The fraction of sp³-hybridized carbons (Fsp3) is 0.579. The highest BCUT2D eigenvalue weighted by Crippen LogP contribution is 2.55. The second-order valence-electron chi connectivity index (χ2n) is 8.32. The molecule has 1 saturated heterocycles. The number of likely N-dealkylation sites (tertiary alicyclic amines) is 1. The number of carbonyl (C=O) groups is 2. The van der Waals surface area contributed by atoms with Gasteiger partial charge in [0.05, 0.1) is 6.04 Å². The van der Waals surface area contributed by atoms with Crippen LogP contribution in [0.4, 0.5) is 13.6 Å². The van der Waals surface area contributed by atoms with Crippen molar-refractivity contribution < 1.29 is 23.1 Å². The highest BCUT2D eigenvalue weighted by atomic mass is 79.9. The van der Waals surface area contributed by atoms with Gasteiger partial charge in [-0.05, 0) is 51.5 Å². The minimum absolute atomic E-state index is 0.00416. The van der Waals surface area contributed by atoms with Gasteiger partial charge >= 0.3 is 6.09 Å². The van der Waals surface area contributed by atoms with E-state index in [0.29, 0.717) is 13.0 Å². The van der Waals surface area contributed by atoms with E-state index in [0.717, 1.165) is 25.0 Å². The number of Topliss-reactive ketones (excluding diaryl/α,β-unsaturated/α-hetero) is 1. The van der Waals surface area contributed by atoms with Crippen molar-refractivity contribution in [1.29, 1.82) is 0 Å². The lowest BCUT2D eigenvalue weighted by molar-refractivity contribution is -0.122. The molecule has 142 valence electrons. The average molecular weight is 430 g/mol. The Morgan fingerprint density at radius 3 is 2.50 bits per heavy atom. The molecule has 0 unspecified atom stereocenters. The minimum Gasteiger partial charge on any atom is -0.444 e. The van der Waals surface area contributed by atoms with Gasteiger partial charge in [0.1, 0.15) is 17.2 Å². The van der Waals surface area contributed by atoms with Gasteiger partial charge in [-0.2, -0.15) is 0 Å². The summed E-state index contributed by atoms with van der Waals surface area (Å²) in [6.45, 7) is 5.81. The molecule has 1 amide bonds. The first-order chi connectivity index (χ1) is 12.0. The van der Waals surface area contributed by atoms with Gasteiger partial charge in [0.25, 0.3) is 0 Å². The molecule has 0 aromatic heterocycles. The largest absolute Gasteiger partial charge is 0.444 e. The average Bonchev–Trinajstić information content (AvgIpc) is 3.11. The SMILES string of the molecule is CC(C)(C)OC(=O)N1CC2(CC2)C[C@H]1C(=O)Cc1c(F)cc(F)cc1Br. The molecular weight excluding hydrogens is 408 g/mol. The summed E-state index contributed by atoms with van der Waals surface area (Å²) in [6.07, 6.45) is 1.81. The van der Waals surface area contributed by atoms with E-state index < -0.39 is 29.4 Å². The Bertz CT molecular complexity index is 733. The monoisotopic (exact) mass is 429 g/mol. The van der Waals surface area contributed by atoms with E-state index in [4.69, 9.17) is 4.74 Å². The molecule has 1 spiro atoms. The Morgan fingerprint density at radius 2 is 1.96 bits per heavy atom. The first-order valence-corrected chi connectivity index (χ1v) is 9.45. The predicted molar refractivity (Wildman–Crippen MR) is 95.8 cm³/mol. The summed E-state index contributed by atoms with van der Waals surface area (Å²) in [5.74, 6) is -1.74. The van der Waals surface area contributed by atoms with Crippen molar-refractivity contribution in [3.05, 3.63) is 33.8 Å². The van der Waals surface area contributed by atoms with Gasteiger partial charge in [-0.25, -0.2) is 13.6 Å². The molecule has 1 aromatic carbocycles. The molecular formula is C19H22BrF2NO3. The van der Waals surface area contributed by atoms with Crippen LogP contribution in [0.3, 0.4) is 0 Å². The smallest absolute Gasteiger partial charge is 0.410 e. The maximum absolute atomic E-state index is 14.1. The van der Waals surface area contributed by atoms with Gasteiger partial charge in [0, 0.05) is 29.1 Å². The van der Waals surface area contributed by atoms with Crippen molar-refractivity contribution in [2.24, 2.45) is 5.41 Å². The van der Waals surface area contributed by atoms with Crippen molar-refractivity contribution in [2.75, 3.05) is 6.54 Å². The summed E-state index contributed by atoms with van der Waals surface area (Å²) in [7, 11) is 0. The molecule has 1 aliphatic carbocycles. The number of halogens is 3. The van der Waals surface area contributed by atoms with Gasteiger partial charge in [-0.3, -0.25) is 9.69 Å². The van der Waals surface area contributed by atoms with E-state index in [2.05, 4.69) is 15.9 Å². The van der Waals surface area contributed by atoms with E-state index in [1.807, 2.05) is 0 Å². The first kappa shape index (κ1) is 19.3. The van der Waals surface area contributed by atoms with E-state index in [1.165, 1.54) is 4.90 Å². The predicted octanol–water partition coefficient (Wildman–Crippen LogP) is 4.63. The van der Waals surface area contributed by atoms with E-state index >= 15 is 0 Å². The maximum Gasteiger partial charge on any atom is 0.410 e. The molecule has 3 rings (SSSR count). The quantitative estimate of drug-likeness (QED) is 0.703. The third kappa shape index (κ3) is 4.08. The van der Waals surface area contributed by atoms with Gasteiger partial charge < -0.3 is 4.74 Å². The number of ether oxygens (including phenoxy) is 1. The Morgan fingerprint density at radius 1 is 1.31 bits per heavy atom. The van der Waals surface area contributed by atoms with Crippen LogP contribution in [-0.2, 0) is 16.0 Å². The molecule has 2 fully saturated rings. The van der Waals surface area contributed by atoms with Crippen LogP contribution in [0.25, 0.3) is 0 Å². The summed E-state index contributed by atoms with van der Waals surface area (Å²) >= 11 is 3.12. The molecule has 1 aromatic rings. The second kappa shape index (κ2) is 6.59. The van der Waals surface area contributed by atoms with Crippen molar-refractivity contribution in [3.8, 4) is 0 Å². The molecule has 1 saturated carbocycles. The number of hydrogen-bond donors (Lipinski definition) is 0. The van der Waals surface area contributed by atoms with E-state index in [1.54, 1.807) is 20.8 Å². The number of carbonyl (C=O) groups excluding carboxylic acids is 2. The van der Waals surface area contributed by atoms with Crippen LogP contribution in [0.1, 0.15) is 45.6 Å². The standard InChI is InChI=1S/C19H22BrF2NO3/c1-18(2,3)26-17(25)23-10-19(4-5-19)9-15(23)16(24)8-12-13(20)6-11(21)7-14(12)22/h6-7,15H,4-5,8-10H2,1-3H3/t15-/m0/s1. The van der Waals surface area contributed by atoms with Gasteiger partial charge in [0.2, 0.25) is 0 Å². The number of amides is 1. The summed E-state index contributed by atoms with van der Waals surface area (Å²) < 4.78 is 33.0. The van der Waals surface area contributed by atoms with Crippen molar-refractivity contribution in [3.63, 3.8) is 0 Å². The first-order valence-electron chi connectivity index (χ1n) is 8.65. The normalized spacial score (nSPS) is 21.2. The van der Waals surface area contributed by atoms with Crippen LogP contribution >= 0.6 is 15.9 Å². The number of benzene rings is 1. The van der Waals surface area contributed by atoms with E-state index in [9.17, 15) is 18.4 Å². The molecule has 4 nitrogen and oxygen atoms in total. The van der Waals surface area contributed by atoms with Gasteiger partial charge in [-0.1, -0.05) is 15.9 Å². The third-order valence-corrected chi connectivity index (χ3v) is 5.63. The molecule has 0 radical (unpaired) electrons.